The summed E-state index contributed by atoms with van der Waals surface area (Å²) in [6.07, 6.45) is 0. The Balaban J connectivity index is 2.27. The van der Waals surface area contributed by atoms with Crippen molar-refractivity contribution in [2.75, 3.05) is 7.05 Å². The molecule has 1 aromatic heterocycles. The van der Waals surface area contributed by atoms with Crippen molar-refractivity contribution in [2.45, 2.75) is 6.92 Å². The molecule has 0 aliphatic heterocycles. The molecule has 5 nitrogen and oxygen atoms in total. The van der Waals surface area contributed by atoms with Crippen molar-refractivity contribution in [1.82, 2.24) is 16.2 Å². The molecule has 3 amide bonds. The van der Waals surface area contributed by atoms with Gasteiger partial charge < -0.3 is 5.32 Å². The molecule has 0 aliphatic rings. The predicted molar refractivity (Wildman–Crippen MR) is 71.6 cm³/mol. The van der Waals surface area contributed by atoms with Gasteiger partial charge in [-0.25, -0.2) is 14.6 Å². The molecule has 0 saturated carbocycles. The average molecular weight is 281 g/mol. The Kier molecular flexibility index (Phi) is 3.66. The van der Waals surface area contributed by atoms with Crippen molar-refractivity contribution < 1.29 is 14.0 Å². The first-order valence-electron chi connectivity index (χ1n) is 5.49. The van der Waals surface area contributed by atoms with Crippen LogP contribution in [0.25, 0.3) is 10.1 Å². The van der Waals surface area contributed by atoms with E-state index in [1.165, 1.54) is 30.5 Å². The van der Waals surface area contributed by atoms with Gasteiger partial charge in [-0.3, -0.25) is 10.2 Å². The number of halogens is 1. The number of nitrogens with one attached hydrogen (secondary N) is 3. The van der Waals surface area contributed by atoms with E-state index in [-0.39, 0.29) is 5.82 Å². The van der Waals surface area contributed by atoms with Gasteiger partial charge in [-0.15, -0.1) is 11.3 Å². The lowest BCUT2D eigenvalue weighted by Crippen LogP contribution is -2.45. The van der Waals surface area contributed by atoms with E-state index in [9.17, 15) is 14.0 Å². The Hall–Kier alpha value is -2.15. The van der Waals surface area contributed by atoms with Crippen LogP contribution in [-0.4, -0.2) is 19.0 Å². The summed E-state index contributed by atoms with van der Waals surface area (Å²) in [4.78, 5) is 23.3. The summed E-state index contributed by atoms with van der Waals surface area (Å²) in [6, 6.07) is 3.86. The number of carbonyl (C=O) groups is 2. The molecule has 0 fully saturated rings. The van der Waals surface area contributed by atoms with E-state index in [1.807, 2.05) is 0 Å². The van der Waals surface area contributed by atoms with Crippen LogP contribution in [0.4, 0.5) is 9.18 Å². The zero-order valence-electron chi connectivity index (χ0n) is 10.3. The average Bonchev–Trinajstić information content (AvgIpc) is 2.73. The van der Waals surface area contributed by atoms with Crippen LogP contribution in [0, 0.1) is 12.7 Å². The second-order valence-corrected chi connectivity index (χ2v) is 4.91. The van der Waals surface area contributed by atoms with Crippen LogP contribution in [0.5, 0.6) is 0 Å². The number of aryl methyl sites for hydroxylation is 1. The largest absolute Gasteiger partial charge is 0.340 e. The highest BCUT2D eigenvalue weighted by Gasteiger charge is 2.16. The molecule has 7 heteroatoms. The third-order valence-corrected chi connectivity index (χ3v) is 3.89. The topological polar surface area (TPSA) is 70.2 Å². The first-order chi connectivity index (χ1) is 9.02. The van der Waals surface area contributed by atoms with Crippen LogP contribution < -0.4 is 16.2 Å². The minimum Gasteiger partial charge on any atom is -0.340 e. The third kappa shape index (κ3) is 2.65. The highest BCUT2D eigenvalue weighted by molar-refractivity contribution is 7.21. The SMILES string of the molecule is CNC(=O)NNC(=O)c1sc2ccc(F)cc2c1C. The van der Waals surface area contributed by atoms with Crippen molar-refractivity contribution in [3.05, 3.63) is 34.5 Å². The van der Waals surface area contributed by atoms with Gasteiger partial charge in [-0.1, -0.05) is 0 Å². The van der Waals surface area contributed by atoms with Gasteiger partial charge >= 0.3 is 6.03 Å². The maximum absolute atomic E-state index is 13.2. The molecule has 0 bridgehead atoms. The summed E-state index contributed by atoms with van der Waals surface area (Å²) >= 11 is 1.25. The summed E-state index contributed by atoms with van der Waals surface area (Å²) in [5.74, 6) is -0.772. The molecule has 1 aromatic carbocycles. The Labute approximate surface area is 112 Å². The third-order valence-electron chi connectivity index (χ3n) is 2.62. The van der Waals surface area contributed by atoms with Crippen LogP contribution in [0.15, 0.2) is 18.2 Å². The molecular weight excluding hydrogens is 269 g/mol. The molecule has 0 unspecified atom stereocenters. The maximum atomic E-state index is 13.2. The lowest BCUT2D eigenvalue weighted by atomic mass is 10.1. The Bertz CT molecular complexity index is 654. The van der Waals surface area contributed by atoms with Gasteiger partial charge in [-0.05, 0) is 36.1 Å². The van der Waals surface area contributed by atoms with Gasteiger partial charge in [-0.2, -0.15) is 0 Å². The minimum atomic E-state index is -0.516. The molecule has 3 N–H and O–H groups in total. The van der Waals surface area contributed by atoms with Crippen LogP contribution in [0.2, 0.25) is 0 Å². The van der Waals surface area contributed by atoms with Crippen molar-refractivity contribution in [2.24, 2.45) is 0 Å². The molecule has 1 heterocycles. The lowest BCUT2D eigenvalue weighted by Gasteiger charge is -2.05. The van der Waals surface area contributed by atoms with E-state index in [0.29, 0.717) is 15.8 Å². The molecule has 0 aliphatic carbocycles. The second kappa shape index (κ2) is 5.23. The van der Waals surface area contributed by atoms with Gasteiger partial charge in [0.25, 0.3) is 5.91 Å². The monoisotopic (exact) mass is 281 g/mol. The molecule has 2 aromatic rings. The van der Waals surface area contributed by atoms with Crippen LogP contribution in [-0.2, 0) is 0 Å². The Morgan fingerprint density at radius 2 is 2.00 bits per heavy atom. The molecule has 0 saturated heterocycles. The van der Waals surface area contributed by atoms with E-state index < -0.39 is 11.9 Å². The van der Waals surface area contributed by atoms with E-state index in [2.05, 4.69) is 16.2 Å². The Morgan fingerprint density at radius 1 is 1.26 bits per heavy atom. The van der Waals surface area contributed by atoms with Crippen molar-refractivity contribution in [3.8, 4) is 0 Å². The summed E-state index contributed by atoms with van der Waals surface area (Å²) in [5.41, 5.74) is 5.17. The number of hydrogen-bond acceptors (Lipinski definition) is 3. The van der Waals surface area contributed by atoms with E-state index >= 15 is 0 Å². The zero-order chi connectivity index (χ0) is 14.0. The van der Waals surface area contributed by atoms with Crippen molar-refractivity contribution in [1.29, 1.82) is 0 Å². The normalized spacial score (nSPS) is 10.3. The highest BCUT2D eigenvalue weighted by Crippen LogP contribution is 2.31. The van der Waals surface area contributed by atoms with E-state index in [1.54, 1.807) is 13.0 Å². The highest BCUT2D eigenvalue weighted by atomic mass is 32.1. The quantitative estimate of drug-likeness (QED) is 0.699. The fourth-order valence-corrected chi connectivity index (χ4v) is 2.73. The number of benzene rings is 1. The van der Waals surface area contributed by atoms with Gasteiger partial charge in [0.05, 0.1) is 4.88 Å². The lowest BCUT2D eigenvalue weighted by molar-refractivity contribution is 0.0940. The molecule has 0 atom stereocenters. The molecule has 2 rings (SSSR count). The number of fused-ring (bicyclic) bond motifs is 1. The number of thiophene rings is 1. The number of hydrazine groups is 1. The standard InChI is InChI=1S/C12H12FN3O2S/c1-6-8-5-7(13)3-4-9(8)19-10(6)11(17)15-16-12(18)14-2/h3-5H,1-2H3,(H,15,17)(H2,14,16,18). The summed E-state index contributed by atoms with van der Waals surface area (Å²) in [6.45, 7) is 1.74. The number of carbonyl (C=O) groups excluding carboxylic acids is 2. The minimum absolute atomic E-state index is 0.344. The van der Waals surface area contributed by atoms with Gasteiger partial charge in [0.15, 0.2) is 0 Å². The predicted octanol–water partition coefficient (Wildman–Crippen LogP) is 1.92. The fourth-order valence-electron chi connectivity index (χ4n) is 1.64. The summed E-state index contributed by atoms with van der Waals surface area (Å²) in [7, 11) is 1.44. The molecule has 19 heavy (non-hydrogen) atoms. The molecule has 0 radical (unpaired) electrons. The molecule has 0 spiro atoms. The van der Waals surface area contributed by atoms with E-state index in [4.69, 9.17) is 0 Å². The number of amides is 3. The number of rotatable bonds is 1. The van der Waals surface area contributed by atoms with Crippen LogP contribution in [0.1, 0.15) is 15.2 Å². The maximum Gasteiger partial charge on any atom is 0.333 e. The second-order valence-electron chi connectivity index (χ2n) is 3.85. The van der Waals surface area contributed by atoms with Crippen molar-refractivity contribution >= 4 is 33.4 Å². The number of urea groups is 1. The van der Waals surface area contributed by atoms with Gasteiger partial charge in [0.2, 0.25) is 0 Å². The molecular formula is C12H12FN3O2S. The van der Waals surface area contributed by atoms with Crippen molar-refractivity contribution in [3.63, 3.8) is 0 Å². The van der Waals surface area contributed by atoms with Crippen LogP contribution in [0.3, 0.4) is 0 Å². The first kappa shape index (κ1) is 13.3. The summed E-state index contributed by atoms with van der Waals surface area (Å²) in [5, 5.41) is 3.01. The van der Waals surface area contributed by atoms with Gasteiger partial charge in [0.1, 0.15) is 5.82 Å². The Morgan fingerprint density at radius 3 is 2.68 bits per heavy atom. The molecule has 100 valence electrons. The van der Waals surface area contributed by atoms with E-state index in [0.717, 1.165) is 4.70 Å². The zero-order valence-corrected chi connectivity index (χ0v) is 11.2. The van der Waals surface area contributed by atoms with Crippen LogP contribution >= 0.6 is 11.3 Å². The number of hydrogen-bond donors (Lipinski definition) is 3. The summed E-state index contributed by atoms with van der Waals surface area (Å²) < 4.78 is 14.0. The van der Waals surface area contributed by atoms with Gasteiger partial charge in [0, 0.05) is 11.7 Å². The fraction of sp³-hybridized carbons (Fsp3) is 0.167. The first-order valence-corrected chi connectivity index (χ1v) is 6.31. The smallest absolute Gasteiger partial charge is 0.333 e.